The van der Waals surface area contributed by atoms with Gasteiger partial charge in [-0.15, -0.1) is 0 Å². The monoisotopic (exact) mass is 349 g/mol. The number of carboxylic acid groups (broad SMARTS) is 1. The SMILES string of the molecule is NS(=O)(=O)n1ccc(-c2ccc(C3CCNCC3)cc2)c1C(=O)O. The fraction of sp³-hybridized carbons (Fsp3) is 0.312. The minimum Gasteiger partial charge on any atom is -0.477 e. The second-order valence-electron chi connectivity index (χ2n) is 5.87. The number of nitrogens with one attached hydrogen (secondary N) is 1. The first-order chi connectivity index (χ1) is 11.4. The molecule has 1 aromatic carbocycles. The van der Waals surface area contributed by atoms with Crippen molar-refractivity contribution in [2.75, 3.05) is 13.1 Å². The number of carbonyl (C=O) groups is 1. The van der Waals surface area contributed by atoms with Gasteiger partial charge in [0, 0.05) is 11.8 Å². The van der Waals surface area contributed by atoms with Crippen molar-refractivity contribution in [3.05, 3.63) is 47.8 Å². The molecule has 128 valence electrons. The quantitative estimate of drug-likeness (QED) is 0.771. The van der Waals surface area contributed by atoms with E-state index < -0.39 is 16.2 Å². The van der Waals surface area contributed by atoms with Crippen LogP contribution in [-0.2, 0) is 10.2 Å². The highest BCUT2D eigenvalue weighted by atomic mass is 32.2. The molecule has 0 amide bonds. The van der Waals surface area contributed by atoms with Gasteiger partial charge in [0.25, 0.3) is 0 Å². The van der Waals surface area contributed by atoms with Crippen molar-refractivity contribution in [1.82, 2.24) is 9.29 Å². The number of nitrogens with two attached hydrogens (primary N) is 1. The number of aromatic carboxylic acids is 1. The van der Waals surface area contributed by atoms with Gasteiger partial charge >= 0.3 is 16.2 Å². The number of carboxylic acids is 1. The van der Waals surface area contributed by atoms with Gasteiger partial charge in [0.1, 0.15) is 0 Å². The first kappa shape index (κ1) is 16.7. The first-order valence-corrected chi connectivity index (χ1v) is 9.17. The summed E-state index contributed by atoms with van der Waals surface area (Å²) in [5, 5.41) is 17.8. The van der Waals surface area contributed by atoms with Crippen molar-refractivity contribution in [3.63, 3.8) is 0 Å². The van der Waals surface area contributed by atoms with Crippen molar-refractivity contribution in [3.8, 4) is 11.1 Å². The summed E-state index contributed by atoms with van der Waals surface area (Å²) in [7, 11) is -4.16. The Kier molecular flexibility index (Phi) is 4.44. The highest BCUT2D eigenvalue weighted by Gasteiger charge is 2.23. The Morgan fingerprint density at radius 1 is 1.17 bits per heavy atom. The number of hydrogen-bond acceptors (Lipinski definition) is 4. The van der Waals surface area contributed by atoms with Gasteiger partial charge in [0.05, 0.1) is 0 Å². The van der Waals surface area contributed by atoms with E-state index in [1.54, 1.807) is 0 Å². The minimum absolute atomic E-state index is 0.327. The predicted octanol–water partition coefficient (Wildman–Crippen LogP) is 1.37. The van der Waals surface area contributed by atoms with Crippen LogP contribution < -0.4 is 10.5 Å². The molecular weight excluding hydrogens is 330 g/mol. The van der Waals surface area contributed by atoms with Crippen LogP contribution in [0.1, 0.15) is 34.8 Å². The lowest BCUT2D eigenvalue weighted by molar-refractivity contribution is 0.0690. The fourth-order valence-corrected chi connectivity index (χ4v) is 3.82. The average Bonchev–Trinajstić information content (AvgIpc) is 3.01. The molecule has 1 aliphatic heterocycles. The summed E-state index contributed by atoms with van der Waals surface area (Å²) in [5.41, 5.74) is 1.83. The lowest BCUT2D eigenvalue weighted by Crippen LogP contribution is -2.26. The molecule has 24 heavy (non-hydrogen) atoms. The summed E-state index contributed by atoms with van der Waals surface area (Å²) in [6.45, 7) is 1.99. The van der Waals surface area contributed by atoms with E-state index in [0.717, 1.165) is 32.1 Å². The van der Waals surface area contributed by atoms with E-state index in [0.29, 0.717) is 21.0 Å². The summed E-state index contributed by atoms with van der Waals surface area (Å²) in [4.78, 5) is 11.5. The molecule has 1 aromatic heterocycles. The largest absolute Gasteiger partial charge is 0.477 e. The van der Waals surface area contributed by atoms with E-state index in [4.69, 9.17) is 5.14 Å². The number of nitrogens with zero attached hydrogens (tertiary/aromatic N) is 1. The van der Waals surface area contributed by atoms with Gasteiger partial charge in [-0.05, 0) is 49.0 Å². The van der Waals surface area contributed by atoms with Gasteiger partial charge in [-0.25, -0.2) is 13.9 Å². The highest BCUT2D eigenvalue weighted by Crippen LogP contribution is 2.30. The second-order valence-corrected chi connectivity index (χ2v) is 7.29. The third kappa shape index (κ3) is 3.21. The standard InChI is InChI=1S/C16H19N3O4S/c17-24(22,23)19-10-7-14(15(19)16(20)21)13-3-1-11(2-4-13)12-5-8-18-9-6-12/h1-4,7,10,12,18H,5-6,8-9H2,(H,20,21)(H2,17,22,23). The molecule has 8 heteroatoms. The molecule has 0 spiro atoms. The number of piperidine rings is 1. The molecule has 0 atom stereocenters. The van der Waals surface area contributed by atoms with Crippen LogP contribution in [0.15, 0.2) is 36.5 Å². The molecular formula is C16H19N3O4S. The second kappa shape index (κ2) is 6.39. The number of benzene rings is 1. The normalized spacial score (nSPS) is 16.2. The van der Waals surface area contributed by atoms with Crippen molar-refractivity contribution < 1.29 is 18.3 Å². The van der Waals surface area contributed by atoms with E-state index in [1.165, 1.54) is 11.6 Å². The third-order valence-corrected chi connectivity index (χ3v) is 5.21. The smallest absolute Gasteiger partial charge is 0.354 e. The lowest BCUT2D eigenvalue weighted by atomic mass is 9.89. The fourth-order valence-electron chi connectivity index (χ4n) is 3.16. The summed E-state index contributed by atoms with van der Waals surface area (Å²) in [6, 6.07) is 9.06. The Morgan fingerprint density at radius 2 is 1.79 bits per heavy atom. The third-order valence-electron chi connectivity index (χ3n) is 4.36. The van der Waals surface area contributed by atoms with Crippen LogP contribution >= 0.6 is 0 Å². The number of rotatable bonds is 4. The molecule has 1 saturated heterocycles. The van der Waals surface area contributed by atoms with E-state index in [9.17, 15) is 18.3 Å². The van der Waals surface area contributed by atoms with Crippen LogP contribution in [0, 0.1) is 0 Å². The van der Waals surface area contributed by atoms with E-state index >= 15 is 0 Å². The van der Waals surface area contributed by atoms with Gasteiger partial charge in [0.15, 0.2) is 5.69 Å². The van der Waals surface area contributed by atoms with Crippen molar-refractivity contribution in [2.24, 2.45) is 5.14 Å². The zero-order valence-corrected chi connectivity index (χ0v) is 13.8. The Labute approximate surface area is 140 Å². The van der Waals surface area contributed by atoms with Gasteiger partial charge in [-0.1, -0.05) is 24.3 Å². The van der Waals surface area contributed by atoms with Crippen LogP contribution in [0.5, 0.6) is 0 Å². The zero-order valence-electron chi connectivity index (χ0n) is 13.0. The van der Waals surface area contributed by atoms with E-state index in [2.05, 4.69) is 5.32 Å². The van der Waals surface area contributed by atoms with Gasteiger partial charge in [-0.3, -0.25) is 0 Å². The maximum atomic E-state index is 11.5. The van der Waals surface area contributed by atoms with Crippen molar-refractivity contribution in [2.45, 2.75) is 18.8 Å². The topological polar surface area (TPSA) is 114 Å². The van der Waals surface area contributed by atoms with Crippen LogP contribution in [0.2, 0.25) is 0 Å². The van der Waals surface area contributed by atoms with E-state index in [-0.39, 0.29) is 5.69 Å². The molecule has 2 aromatic rings. The summed E-state index contributed by atoms with van der Waals surface area (Å²) < 4.78 is 23.7. The van der Waals surface area contributed by atoms with Crippen molar-refractivity contribution in [1.29, 1.82) is 0 Å². The predicted molar refractivity (Wildman–Crippen MR) is 90.2 cm³/mol. The summed E-state index contributed by atoms with van der Waals surface area (Å²) in [5.74, 6) is -0.847. The van der Waals surface area contributed by atoms with Gasteiger partial charge < -0.3 is 10.4 Å². The number of hydrogen-bond donors (Lipinski definition) is 3. The van der Waals surface area contributed by atoms with Crippen LogP contribution in [0.3, 0.4) is 0 Å². The molecule has 0 unspecified atom stereocenters. The number of aromatic nitrogens is 1. The Balaban J connectivity index is 1.97. The van der Waals surface area contributed by atoms with Crippen LogP contribution in [-0.4, -0.2) is 36.6 Å². The molecule has 0 saturated carbocycles. The lowest BCUT2D eigenvalue weighted by Gasteiger charge is -2.23. The molecule has 1 aliphatic rings. The molecule has 0 radical (unpaired) electrons. The average molecular weight is 349 g/mol. The van der Waals surface area contributed by atoms with Gasteiger partial charge in [-0.2, -0.15) is 8.42 Å². The highest BCUT2D eigenvalue weighted by molar-refractivity contribution is 7.87. The Bertz CT molecular complexity index is 850. The van der Waals surface area contributed by atoms with Crippen molar-refractivity contribution >= 4 is 16.2 Å². The Hall–Kier alpha value is -2.16. The van der Waals surface area contributed by atoms with E-state index in [1.807, 2.05) is 24.3 Å². The van der Waals surface area contributed by atoms with Crippen LogP contribution in [0.4, 0.5) is 0 Å². The maximum absolute atomic E-state index is 11.5. The molecule has 1 fully saturated rings. The first-order valence-electron chi connectivity index (χ1n) is 7.67. The molecule has 0 bridgehead atoms. The molecule has 2 heterocycles. The molecule has 7 nitrogen and oxygen atoms in total. The summed E-state index contributed by atoms with van der Waals surface area (Å²) in [6.07, 6.45) is 3.30. The minimum atomic E-state index is -4.16. The molecule has 3 rings (SSSR count). The maximum Gasteiger partial charge on any atom is 0.354 e. The van der Waals surface area contributed by atoms with Crippen LogP contribution in [0.25, 0.3) is 11.1 Å². The molecule has 4 N–H and O–H groups in total. The zero-order chi connectivity index (χ0) is 17.3. The summed E-state index contributed by atoms with van der Waals surface area (Å²) >= 11 is 0. The Morgan fingerprint density at radius 3 is 2.33 bits per heavy atom. The molecule has 0 aliphatic carbocycles. The van der Waals surface area contributed by atoms with Gasteiger partial charge in [0.2, 0.25) is 0 Å².